The predicted molar refractivity (Wildman–Crippen MR) is 141 cm³/mol. The van der Waals surface area contributed by atoms with Crippen molar-refractivity contribution in [2.45, 2.75) is 78.2 Å². The number of primary amides is 1. The van der Waals surface area contributed by atoms with Crippen LogP contribution >= 0.6 is 0 Å². The van der Waals surface area contributed by atoms with Crippen LogP contribution in [0.3, 0.4) is 0 Å². The molecule has 0 spiro atoms. The first-order chi connectivity index (χ1) is 17.3. The summed E-state index contributed by atoms with van der Waals surface area (Å²) in [5.74, 6) is -1.80. The van der Waals surface area contributed by atoms with Crippen LogP contribution in [0.25, 0.3) is 0 Å². The van der Waals surface area contributed by atoms with E-state index in [2.05, 4.69) is 10.6 Å². The summed E-state index contributed by atoms with van der Waals surface area (Å²) >= 11 is 0. The molecule has 4 amide bonds. The van der Waals surface area contributed by atoms with E-state index >= 15 is 0 Å². The number of hydrogen-bond donors (Lipinski definition) is 3. The molecule has 2 atom stereocenters. The van der Waals surface area contributed by atoms with E-state index in [1.165, 1.54) is 4.90 Å². The molecule has 9 heteroatoms. The number of hydrogen-bond acceptors (Lipinski definition) is 5. The largest absolute Gasteiger partial charge is 0.444 e. The van der Waals surface area contributed by atoms with Gasteiger partial charge in [0, 0.05) is 12.6 Å². The van der Waals surface area contributed by atoms with E-state index in [1.54, 1.807) is 46.8 Å². The molecule has 0 radical (unpaired) electrons. The first-order valence-corrected chi connectivity index (χ1v) is 12.3. The third-order valence-corrected chi connectivity index (χ3v) is 5.43. The van der Waals surface area contributed by atoms with Crippen LogP contribution in [0.2, 0.25) is 0 Å². The van der Waals surface area contributed by atoms with Gasteiger partial charge in [-0.25, -0.2) is 4.79 Å². The summed E-state index contributed by atoms with van der Waals surface area (Å²) in [5.41, 5.74) is 7.08. The number of rotatable bonds is 10. The first-order valence-electron chi connectivity index (χ1n) is 12.3. The van der Waals surface area contributed by atoms with Crippen molar-refractivity contribution in [1.29, 1.82) is 0 Å². The van der Waals surface area contributed by atoms with Gasteiger partial charge >= 0.3 is 6.09 Å². The number of carbonyl (C=O) groups excluding carboxylic acids is 4. The number of ether oxygens (including phenoxy) is 1. The molecule has 0 bridgehead atoms. The van der Waals surface area contributed by atoms with Gasteiger partial charge in [-0.05, 0) is 52.7 Å². The molecule has 2 unspecified atom stereocenters. The predicted octanol–water partition coefficient (Wildman–Crippen LogP) is 3.36. The third kappa shape index (κ3) is 9.25. The van der Waals surface area contributed by atoms with Crippen molar-refractivity contribution in [2.24, 2.45) is 5.73 Å². The number of alkyl carbamates (subject to hydrolysis) is 1. The smallest absolute Gasteiger partial charge is 0.408 e. The Kier molecular flexibility index (Phi) is 10.2. The second kappa shape index (κ2) is 12.9. The van der Waals surface area contributed by atoms with Gasteiger partial charge in [-0.3, -0.25) is 14.4 Å². The van der Waals surface area contributed by atoms with Crippen LogP contribution in [0, 0.1) is 6.92 Å². The fourth-order valence-corrected chi connectivity index (χ4v) is 3.78. The summed E-state index contributed by atoms with van der Waals surface area (Å²) in [6, 6.07) is 13.9. The molecule has 37 heavy (non-hydrogen) atoms. The number of nitrogens with zero attached hydrogens (tertiary/aromatic N) is 1. The Bertz CT molecular complexity index is 1080. The van der Waals surface area contributed by atoms with Gasteiger partial charge in [0.1, 0.15) is 17.7 Å². The maximum Gasteiger partial charge on any atom is 0.408 e. The van der Waals surface area contributed by atoms with Gasteiger partial charge in [-0.15, -0.1) is 0 Å². The number of amides is 4. The molecule has 0 aliphatic heterocycles. The molecule has 200 valence electrons. The second-order valence-corrected chi connectivity index (χ2v) is 10.2. The topological polar surface area (TPSA) is 131 Å². The second-order valence-electron chi connectivity index (χ2n) is 10.2. The quantitative estimate of drug-likeness (QED) is 0.451. The molecular weight excluding hydrogens is 472 g/mol. The minimum atomic E-state index is -1.32. The van der Waals surface area contributed by atoms with Gasteiger partial charge in [-0.1, -0.05) is 60.2 Å². The Morgan fingerprint density at radius 3 is 2.08 bits per heavy atom. The normalized spacial score (nSPS) is 12.8. The molecule has 0 heterocycles. The zero-order valence-electron chi connectivity index (χ0n) is 22.4. The Balaban J connectivity index is 2.44. The van der Waals surface area contributed by atoms with E-state index in [0.717, 1.165) is 11.1 Å². The van der Waals surface area contributed by atoms with Crippen LogP contribution in [0.15, 0.2) is 54.6 Å². The molecule has 0 aromatic heterocycles. The van der Waals surface area contributed by atoms with Crippen LogP contribution in [0.5, 0.6) is 0 Å². The molecule has 2 aromatic carbocycles. The highest BCUT2D eigenvalue weighted by Gasteiger charge is 2.38. The molecule has 0 aliphatic rings. The number of nitrogens with one attached hydrogen (secondary N) is 2. The molecule has 9 nitrogen and oxygen atoms in total. The average molecular weight is 511 g/mol. The SMILES string of the molecule is Cc1ccc(C(C(=O)NCc2ccccc2)N(C(=O)C(CC(N)=O)NC(=O)OC(C)(C)C)C(C)C)cc1. The van der Waals surface area contributed by atoms with Crippen molar-refractivity contribution in [3.63, 3.8) is 0 Å². The molecule has 0 saturated heterocycles. The molecule has 0 fully saturated rings. The molecule has 2 aromatic rings. The number of aryl methyl sites for hydroxylation is 1. The number of benzene rings is 2. The summed E-state index contributed by atoms with van der Waals surface area (Å²) in [7, 11) is 0. The fourth-order valence-electron chi connectivity index (χ4n) is 3.78. The highest BCUT2D eigenvalue weighted by atomic mass is 16.6. The fraction of sp³-hybridized carbons (Fsp3) is 0.429. The lowest BCUT2D eigenvalue weighted by Gasteiger charge is -2.37. The standard InChI is InChI=1S/C28H38N4O5/c1-18(2)32(26(35)22(16-23(29)33)31-27(36)37-28(4,5)6)24(21-14-12-19(3)13-15-21)25(34)30-17-20-10-8-7-9-11-20/h7-15,18,22,24H,16-17H2,1-6H3,(H2,29,33)(H,30,34)(H,31,36). The van der Waals surface area contributed by atoms with Crippen LogP contribution in [0.4, 0.5) is 4.79 Å². The Morgan fingerprint density at radius 2 is 1.57 bits per heavy atom. The minimum absolute atomic E-state index is 0.267. The van der Waals surface area contributed by atoms with E-state index in [-0.39, 0.29) is 6.54 Å². The lowest BCUT2D eigenvalue weighted by Crippen LogP contribution is -2.55. The first kappa shape index (κ1) is 29.4. The Morgan fingerprint density at radius 1 is 0.973 bits per heavy atom. The summed E-state index contributed by atoms with van der Waals surface area (Å²) < 4.78 is 5.28. The van der Waals surface area contributed by atoms with Crippen molar-refractivity contribution < 1.29 is 23.9 Å². The molecule has 2 rings (SSSR count). The van der Waals surface area contributed by atoms with Crippen LogP contribution < -0.4 is 16.4 Å². The Labute approximate surface area is 218 Å². The van der Waals surface area contributed by atoms with Gasteiger partial charge in [-0.2, -0.15) is 0 Å². The van der Waals surface area contributed by atoms with Gasteiger partial charge in [0.05, 0.1) is 6.42 Å². The summed E-state index contributed by atoms with van der Waals surface area (Å²) in [6.07, 6.45) is -1.32. The van der Waals surface area contributed by atoms with Crippen molar-refractivity contribution in [2.75, 3.05) is 0 Å². The Hall–Kier alpha value is -3.88. The summed E-state index contributed by atoms with van der Waals surface area (Å²) in [4.78, 5) is 53.1. The van der Waals surface area contributed by atoms with E-state index in [9.17, 15) is 19.2 Å². The zero-order chi connectivity index (χ0) is 27.8. The molecule has 0 aliphatic carbocycles. The highest BCUT2D eigenvalue weighted by molar-refractivity contribution is 5.94. The van der Waals surface area contributed by atoms with Crippen molar-refractivity contribution in [1.82, 2.24) is 15.5 Å². The highest BCUT2D eigenvalue weighted by Crippen LogP contribution is 2.26. The maximum atomic E-state index is 13.8. The summed E-state index contributed by atoms with van der Waals surface area (Å²) in [5, 5.41) is 5.38. The van der Waals surface area contributed by atoms with E-state index in [0.29, 0.717) is 5.56 Å². The molecule has 4 N–H and O–H groups in total. The molecule has 0 saturated carbocycles. The lowest BCUT2D eigenvalue weighted by molar-refractivity contribution is -0.145. The third-order valence-electron chi connectivity index (χ3n) is 5.43. The van der Waals surface area contributed by atoms with Gasteiger partial charge in [0.2, 0.25) is 17.7 Å². The van der Waals surface area contributed by atoms with Gasteiger partial charge in [0.25, 0.3) is 0 Å². The van der Waals surface area contributed by atoms with E-state index in [4.69, 9.17) is 10.5 Å². The van der Waals surface area contributed by atoms with Crippen molar-refractivity contribution in [3.05, 3.63) is 71.3 Å². The molecular formula is C28H38N4O5. The zero-order valence-corrected chi connectivity index (χ0v) is 22.4. The number of carbonyl (C=O) groups is 4. The monoisotopic (exact) mass is 510 g/mol. The van der Waals surface area contributed by atoms with E-state index in [1.807, 2.05) is 49.4 Å². The van der Waals surface area contributed by atoms with Crippen LogP contribution in [-0.2, 0) is 25.7 Å². The van der Waals surface area contributed by atoms with Crippen LogP contribution in [0.1, 0.15) is 63.8 Å². The number of nitrogens with two attached hydrogens (primary N) is 1. The summed E-state index contributed by atoms with van der Waals surface area (Å²) in [6.45, 7) is 10.8. The minimum Gasteiger partial charge on any atom is -0.444 e. The van der Waals surface area contributed by atoms with Crippen LogP contribution in [-0.4, -0.2) is 46.4 Å². The van der Waals surface area contributed by atoms with Gasteiger partial charge < -0.3 is 26.0 Å². The van der Waals surface area contributed by atoms with Crippen molar-refractivity contribution >= 4 is 23.8 Å². The van der Waals surface area contributed by atoms with Crippen molar-refractivity contribution in [3.8, 4) is 0 Å². The lowest BCUT2D eigenvalue weighted by atomic mass is 9.99. The van der Waals surface area contributed by atoms with Gasteiger partial charge in [0.15, 0.2) is 0 Å². The maximum absolute atomic E-state index is 13.8. The van der Waals surface area contributed by atoms with E-state index < -0.39 is 54.0 Å². The average Bonchev–Trinajstić information content (AvgIpc) is 2.80.